The van der Waals surface area contributed by atoms with E-state index in [0.717, 1.165) is 29.5 Å². The lowest BCUT2D eigenvalue weighted by atomic mass is 10.2. The average Bonchev–Trinajstić information content (AvgIpc) is 3.28. The fourth-order valence-corrected chi connectivity index (χ4v) is 2.93. The molecule has 1 heterocycles. The molecule has 0 atom stereocenters. The monoisotopic (exact) mass is 299 g/mol. The van der Waals surface area contributed by atoms with Crippen molar-refractivity contribution >= 4 is 11.8 Å². The third-order valence-electron chi connectivity index (χ3n) is 3.49. The molecule has 3 rings (SSSR count). The summed E-state index contributed by atoms with van der Waals surface area (Å²) in [7, 11) is 0. The zero-order chi connectivity index (χ0) is 14.7. The summed E-state index contributed by atoms with van der Waals surface area (Å²) in [4.78, 5) is 10.5. The third-order valence-corrected chi connectivity index (χ3v) is 4.50. The van der Waals surface area contributed by atoms with Gasteiger partial charge in [0.25, 0.3) is 0 Å². The highest BCUT2D eigenvalue weighted by molar-refractivity contribution is 7.98. The number of nitrogens with zero attached hydrogens (tertiary/aromatic N) is 2. The Morgan fingerprint density at radius 1 is 1.14 bits per heavy atom. The Morgan fingerprint density at radius 2 is 1.90 bits per heavy atom. The highest BCUT2D eigenvalue weighted by atomic mass is 32.2. The molecule has 0 saturated heterocycles. The summed E-state index contributed by atoms with van der Waals surface area (Å²) in [6, 6.07) is 11.4. The van der Waals surface area contributed by atoms with E-state index in [1.807, 2.05) is 6.92 Å². The second-order valence-corrected chi connectivity index (χ2v) is 6.72. The highest BCUT2D eigenvalue weighted by Gasteiger charge is 2.20. The van der Waals surface area contributed by atoms with Gasteiger partial charge in [-0.05, 0) is 44.9 Å². The van der Waals surface area contributed by atoms with Gasteiger partial charge in [-0.2, -0.15) is 0 Å². The largest absolute Gasteiger partial charge is 0.308 e. The van der Waals surface area contributed by atoms with Crippen molar-refractivity contribution in [2.24, 2.45) is 0 Å². The Labute approximate surface area is 130 Å². The Hall–Kier alpha value is -1.39. The number of nitrogens with one attached hydrogen (secondary N) is 1. The lowest BCUT2D eigenvalue weighted by Crippen LogP contribution is -2.17. The molecule has 110 valence electrons. The molecular weight excluding hydrogens is 278 g/mol. The first-order valence-electron chi connectivity index (χ1n) is 7.45. The zero-order valence-corrected chi connectivity index (χ0v) is 13.4. The van der Waals surface area contributed by atoms with Crippen LogP contribution in [-0.2, 0) is 12.3 Å². The predicted octanol–water partition coefficient (Wildman–Crippen LogP) is 3.64. The van der Waals surface area contributed by atoms with Gasteiger partial charge in [0.05, 0.1) is 11.4 Å². The van der Waals surface area contributed by atoms with Crippen molar-refractivity contribution < 1.29 is 0 Å². The topological polar surface area (TPSA) is 37.8 Å². The molecule has 1 N–H and O–H groups in total. The van der Waals surface area contributed by atoms with Gasteiger partial charge in [-0.25, -0.2) is 9.97 Å². The van der Waals surface area contributed by atoms with Crippen LogP contribution >= 0.6 is 11.8 Å². The van der Waals surface area contributed by atoms with Gasteiger partial charge in [-0.15, -0.1) is 11.8 Å². The molecule has 0 unspecified atom stereocenters. The Balaban J connectivity index is 1.62. The van der Waals surface area contributed by atoms with Crippen LogP contribution in [-0.4, -0.2) is 16.0 Å². The van der Waals surface area contributed by atoms with Crippen LogP contribution in [0.25, 0.3) is 0 Å². The van der Waals surface area contributed by atoms with Crippen molar-refractivity contribution in [1.82, 2.24) is 15.3 Å². The highest BCUT2D eigenvalue weighted by Crippen LogP contribution is 2.22. The van der Waals surface area contributed by atoms with E-state index in [1.165, 1.54) is 23.3 Å². The predicted molar refractivity (Wildman–Crippen MR) is 87.4 cm³/mol. The molecule has 0 aliphatic heterocycles. The molecule has 0 amide bonds. The van der Waals surface area contributed by atoms with E-state index >= 15 is 0 Å². The molecule has 1 aliphatic rings. The molecule has 0 radical (unpaired) electrons. The molecule has 1 aliphatic carbocycles. The van der Waals surface area contributed by atoms with Gasteiger partial charge in [0.2, 0.25) is 0 Å². The van der Waals surface area contributed by atoms with Crippen molar-refractivity contribution in [2.75, 3.05) is 0 Å². The summed E-state index contributed by atoms with van der Waals surface area (Å²) >= 11 is 1.79. The summed E-state index contributed by atoms with van der Waals surface area (Å²) in [5, 5.41) is 3.51. The molecule has 4 heteroatoms. The van der Waals surface area contributed by atoms with Gasteiger partial charge < -0.3 is 5.32 Å². The smallest absolute Gasteiger partial charge is 0.139 e. The fourth-order valence-electron chi connectivity index (χ4n) is 2.17. The van der Waals surface area contributed by atoms with Gasteiger partial charge in [0, 0.05) is 23.2 Å². The van der Waals surface area contributed by atoms with Gasteiger partial charge in [0.1, 0.15) is 5.82 Å². The molecule has 0 spiro atoms. The standard InChI is InChI=1S/C17H21N3S/c1-12-3-7-16(8-4-12)21-11-17-19-13(2)9-15(20-17)10-18-14-5-6-14/h3-4,7-9,14,18H,5-6,10-11H2,1-2H3. The molecule has 21 heavy (non-hydrogen) atoms. The third kappa shape index (κ3) is 4.55. The number of rotatable bonds is 6. The van der Waals surface area contributed by atoms with Crippen LogP contribution in [0.15, 0.2) is 35.2 Å². The molecule has 3 nitrogen and oxygen atoms in total. The fraction of sp³-hybridized carbons (Fsp3) is 0.412. The van der Waals surface area contributed by atoms with Gasteiger partial charge in [-0.3, -0.25) is 0 Å². The first kappa shape index (κ1) is 14.5. The second-order valence-electron chi connectivity index (χ2n) is 5.67. The van der Waals surface area contributed by atoms with Gasteiger partial charge in [0.15, 0.2) is 0 Å². The quantitative estimate of drug-likeness (QED) is 0.826. The summed E-state index contributed by atoms with van der Waals surface area (Å²) in [6.07, 6.45) is 2.61. The van der Waals surface area contributed by atoms with Gasteiger partial charge in [-0.1, -0.05) is 17.7 Å². The number of aryl methyl sites for hydroxylation is 2. The number of aromatic nitrogens is 2. The van der Waals surface area contributed by atoms with Crippen LogP contribution in [0.3, 0.4) is 0 Å². The first-order chi connectivity index (χ1) is 10.2. The van der Waals surface area contributed by atoms with Crippen LogP contribution in [0.4, 0.5) is 0 Å². The van der Waals surface area contributed by atoms with E-state index in [2.05, 4.69) is 52.5 Å². The van der Waals surface area contributed by atoms with E-state index in [4.69, 9.17) is 0 Å². The van der Waals surface area contributed by atoms with Crippen molar-refractivity contribution in [3.8, 4) is 0 Å². The lowest BCUT2D eigenvalue weighted by Gasteiger charge is -2.07. The normalized spacial score (nSPS) is 14.4. The summed E-state index contributed by atoms with van der Waals surface area (Å²) < 4.78 is 0. The van der Waals surface area contributed by atoms with Crippen LogP contribution in [0.2, 0.25) is 0 Å². The van der Waals surface area contributed by atoms with Crippen LogP contribution < -0.4 is 5.32 Å². The lowest BCUT2D eigenvalue weighted by molar-refractivity contribution is 0.668. The maximum atomic E-state index is 4.67. The second kappa shape index (κ2) is 6.58. The molecule has 1 fully saturated rings. The number of hydrogen-bond acceptors (Lipinski definition) is 4. The maximum Gasteiger partial charge on any atom is 0.139 e. The Morgan fingerprint density at radius 3 is 2.62 bits per heavy atom. The molecule has 1 aromatic heterocycles. The van der Waals surface area contributed by atoms with Crippen LogP contribution in [0.1, 0.15) is 35.6 Å². The maximum absolute atomic E-state index is 4.67. The van der Waals surface area contributed by atoms with Crippen molar-refractivity contribution in [1.29, 1.82) is 0 Å². The van der Waals surface area contributed by atoms with Gasteiger partial charge >= 0.3 is 0 Å². The molecule has 1 saturated carbocycles. The molecule has 2 aromatic rings. The Bertz CT molecular complexity index is 606. The first-order valence-corrected chi connectivity index (χ1v) is 8.44. The number of thioether (sulfide) groups is 1. The number of hydrogen-bond donors (Lipinski definition) is 1. The van der Waals surface area contributed by atoms with Crippen molar-refractivity contribution in [2.45, 2.75) is 49.9 Å². The summed E-state index contributed by atoms with van der Waals surface area (Å²) in [5.41, 5.74) is 3.45. The minimum atomic E-state index is 0.714. The van der Waals surface area contributed by atoms with Crippen molar-refractivity contribution in [3.63, 3.8) is 0 Å². The van der Waals surface area contributed by atoms with Crippen molar-refractivity contribution in [3.05, 3.63) is 53.1 Å². The SMILES string of the molecule is Cc1ccc(SCc2nc(C)cc(CNC3CC3)n2)cc1. The summed E-state index contributed by atoms with van der Waals surface area (Å²) in [5.74, 6) is 1.74. The molecule has 1 aromatic carbocycles. The van der Waals surface area contributed by atoms with E-state index in [9.17, 15) is 0 Å². The van der Waals surface area contributed by atoms with Crippen LogP contribution in [0, 0.1) is 13.8 Å². The molecule has 0 bridgehead atoms. The zero-order valence-electron chi connectivity index (χ0n) is 12.6. The number of benzene rings is 1. The van der Waals surface area contributed by atoms with Crippen LogP contribution in [0.5, 0.6) is 0 Å². The minimum Gasteiger partial charge on any atom is -0.308 e. The van der Waals surface area contributed by atoms with E-state index in [1.54, 1.807) is 11.8 Å². The summed E-state index contributed by atoms with van der Waals surface area (Å²) in [6.45, 7) is 5.01. The minimum absolute atomic E-state index is 0.714. The molecular formula is C17H21N3S. The van der Waals surface area contributed by atoms with E-state index in [0.29, 0.717) is 6.04 Å². The average molecular weight is 299 g/mol. The van der Waals surface area contributed by atoms with E-state index < -0.39 is 0 Å². The Kier molecular flexibility index (Phi) is 4.56. The van der Waals surface area contributed by atoms with E-state index in [-0.39, 0.29) is 0 Å².